The van der Waals surface area contributed by atoms with Crippen LogP contribution in [0.2, 0.25) is 0 Å². The molecule has 1 rings (SSSR count). The number of carboxylic acids is 1. The molecule has 0 aliphatic rings. The first-order valence-corrected chi connectivity index (χ1v) is 6.47. The lowest BCUT2D eigenvalue weighted by atomic mass is 10.2. The summed E-state index contributed by atoms with van der Waals surface area (Å²) in [4.78, 5) is 22.6. The van der Waals surface area contributed by atoms with Gasteiger partial charge in [-0.05, 0) is 34.1 Å². The van der Waals surface area contributed by atoms with Gasteiger partial charge in [-0.2, -0.15) is 0 Å². The van der Waals surface area contributed by atoms with E-state index in [4.69, 9.17) is 9.84 Å². The van der Waals surface area contributed by atoms with E-state index in [1.165, 1.54) is 25.3 Å². The Kier molecular flexibility index (Phi) is 6.40. The maximum atomic E-state index is 13.0. The third-order valence-corrected chi connectivity index (χ3v) is 3.00. The standard InChI is InChI=1S/C12H14BrFN2O4/c1-20-5-4-10(11(17)18)16-12(19)15-7-2-3-9(14)8(13)6-7/h2-3,6,10H,4-5H2,1H3,(H,17,18)(H2,15,16,19). The van der Waals surface area contributed by atoms with Gasteiger partial charge in [-0.1, -0.05) is 0 Å². The minimum atomic E-state index is -1.16. The first-order valence-electron chi connectivity index (χ1n) is 5.68. The molecule has 0 aliphatic heterocycles. The van der Waals surface area contributed by atoms with Crippen molar-refractivity contribution in [2.75, 3.05) is 19.0 Å². The average molecular weight is 349 g/mol. The number of carbonyl (C=O) groups is 2. The Morgan fingerprint density at radius 2 is 2.20 bits per heavy atom. The van der Waals surface area contributed by atoms with Crippen LogP contribution in [0.15, 0.2) is 22.7 Å². The van der Waals surface area contributed by atoms with Crippen LogP contribution in [0.4, 0.5) is 14.9 Å². The zero-order chi connectivity index (χ0) is 15.1. The minimum absolute atomic E-state index is 0.145. The van der Waals surface area contributed by atoms with Gasteiger partial charge >= 0.3 is 12.0 Å². The van der Waals surface area contributed by atoms with Gasteiger partial charge in [-0.15, -0.1) is 0 Å². The van der Waals surface area contributed by atoms with Crippen molar-refractivity contribution in [2.24, 2.45) is 0 Å². The SMILES string of the molecule is COCCC(NC(=O)Nc1ccc(F)c(Br)c1)C(=O)O. The summed E-state index contributed by atoms with van der Waals surface area (Å²) < 4.78 is 18.0. The van der Waals surface area contributed by atoms with E-state index in [-0.39, 0.29) is 17.5 Å². The molecule has 0 saturated carbocycles. The fourth-order valence-electron chi connectivity index (χ4n) is 1.39. The third kappa shape index (κ3) is 5.14. The van der Waals surface area contributed by atoms with Gasteiger partial charge in [0.2, 0.25) is 0 Å². The molecule has 1 atom stereocenters. The van der Waals surface area contributed by atoms with Gasteiger partial charge in [0.05, 0.1) is 4.47 Å². The van der Waals surface area contributed by atoms with Gasteiger partial charge in [0.1, 0.15) is 11.9 Å². The third-order valence-electron chi connectivity index (χ3n) is 2.39. The molecule has 20 heavy (non-hydrogen) atoms. The number of carbonyl (C=O) groups excluding carboxylic acids is 1. The highest BCUT2D eigenvalue weighted by Gasteiger charge is 2.19. The lowest BCUT2D eigenvalue weighted by molar-refractivity contribution is -0.139. The Labute approximate surface area is 123 Å². The Morgan fingerprint density at radius 1 is 1.50 bits per heavy atom. The molecule has 1 aromatic carbocycles. The van der Waals surface area contributed by atoms with E-state index in [1.807, 2.05) is 0 Å². The Hall–Kier alpha value is -1.67. The highest BCUT2D eigenvalue weighted by Crippen LogP contribution is 2.19. The van der Waals surface area contributed by atoms with Crippen LogP contribution in [0.25, 0.3) is 0 Å². The Morgan fingerprint density at radius 3 is 2.75 bits per heavy atom. The van der Waals surface area contributed by atoms with E-state index < -0.39 is 23.9 Å². The quantitative estimate of drug-likeness (QED) is 0.735. The molecule has 0 saturated heterocycles. The van der Waals surface area contributed by atoms with Crippen molar-refractivity contribution >= 4 is 33.6 Å². The number of hydrogen-bond acceptors (Lipinski definition) is 3. The molecule has 8 heteroatoms. The van der Waals surface area contributed by atoms with Crippen molar-refractivity contribution in [2.45, 2.75) is 12.5 Å². The van der Waals surface area contributed by atoms with Gasteiger partial charge in [0.25, 0.3) is 0 Å². The summed E-state index contributed by atoms with van der Waals surface area (Å²) in [6.45, 7) is 0.208. The molecule has 0 aromatic heterocycles. The highest BCUT2D eigenvalue weighted by molar-refractivity contribution is 9.10. The summed E-state index contributed by atoms with van der Waals surface area (Å²) in [5.74, 6) is -1.61. The number of rotatable bonds is 6. The molecule has 0 spiro atoms. The molecule has 3 N–H and O–H groups in total. The van der Waals surface area contributed by atoms with Crippen LogP contribution in [-0.4, -0.2) is 36.9 Å². The molecular formula is C12H14BrFN2O4. The van der Waals surface area contributed by atoms with Crippen molar-refractivity contribution in [1.29, 1.82) is 0 Å². The maximum absolute atomic E-state index is 13.0. The summed E-state index contributed by atoms with van der Waals surface area (Å²) in [6, 6.07) is 2.18. The fraction of sp³-hybridized carbons (Fsp3) is 0.333. The molecule has 0 fully saturated rings. The normalized spacial score (nSPS) is 11.8. The van der Waals surface area contributed by atoms with Gasteiger partial charge in [-0.3, -0.25) is 0 Å². The second-order valence-corrected chi connectivity index (χ2v) is 4.75. The van der Waals surface area contributed by atoms with Crippen LogP contribution < -0.4 is 10.6 Å². The summed E-state index contributed by atoms with van der Waals surface area (Å²) in [5.41, 5.74) is 0.339. The lowest BCUT2D eigenvalue weighted by Crippen LogP contribution is -2.43. The Balaban J connectivity index is 2.60. The van der Waals surface area contributed by atoms with Crippen LogP contribution in [0.5, 0.6) is 0 Å². The van der Waals surface area contributed by atoms with E-state index >= 15 is 0 Å². The van der Waals surface area contributed by atoms with E-state index in [0.717, 1.165) is 0 Å². The van der Waals surface area contributed by atoms with E-state index in [0.29, 0.717) is 5.69 Å². The summed E-state index contributed by atoms with van der Waals surface area (Å²) in [5, 5.41) is 13.7. The topological polar surface area (TPSA) is 87.7 Å². The van der Waals surface area contributed by atoms with E-state index in [2.05, 4.69) is 26.6 Å². The number of carboxylic acid groups (broad SMARTS) is 1. The van der Waals surface area contributed by atoms with E-state index in [9.17, 15) is 14.0 Å². The number of anilines is 1. The smallest absolute Gasteiger partial charge is 0.326 e. The number of urea groups is 1. The van der Waals surface area contributed by atoms with Crippen molar-refractivity contribution in [3.8, 4) is 0 Å². The van der Waals surface area contributed by atoms with Gasteiger partial charge < -0.3 is 20.5 Å². The van der Waals surface area contributed by atoms with E-state index in [1.54, 1.807) is 0 Å². The molecule has 2 amide bonds. The molecule has 110 valence electrons. The second-order valence-electron chi connectivity index (χ2n) is 3.90. The number of aliphatic carboxylic acids is 1. The van der Waals surface area contributed by atoms with Crippen LogP contribution in [0.1, 0.15) is 6.42 Å². The second kappa shape index (κ2) is 7.81. The molecule has 0 aliphatic carbocycles. The summed E-state index contributed by atoms with van der Waals surface area (Å²) in [7, 11) is 1.44. The van der Waals surface area contributed by atoms with Crippen LogP contribution in [0, 0.1) is 5.82 Å². The van der Waals surface area contributed by atoms with Crippen molar-refractivity contribution in [1.82, 2.24) is 5.32 Å². The van der Waals surface area contributed by atoms with Gasteiger partial charge in [0.15, 0.2) is 0 Å². The molecule has 1 unspecified atom stereocenters. The molecule has 0 radical (unpaired) electrons. The summed E-state index contributed by atoms with van der Waals surface area (Å²) in [6.07, 6.45) is 0.145. The molecule has 0 bridgehead atoms. The number of hydrogen-bond donors (Lipinski definition) is 3. The van der Waals surface area contributed by atoms with Gasteiger partial charge in [-0.25, -0.2) is 14.0 Å². The zero-order valence-corrected chi connectivity index (χ0v) is 12.2. The lowest BCUT2D eigenvalue weighted by Gasteiger charge is -2.14. The number of nitrogens with one attached hydrogen (secondary N) is 2. The maximum Gasteiger partial charge on any atom is 0.326 e. The van der Waals surface area contributed by atoms with Crippen molar-refractivity contribution in [3.63, 3.8) is 0 Å². The largest absolute Gasteiger partial charge is 0.480 e. The summed E-state index contributed by atoms with van der Waals surface area (Å²) >= 11 is 2.99. The first-order chi connectivity index (χ1) is 9.43. The van der Waals surface area contributed by atoms with Crippen molar-refractivity contribution < 1.29 is 23.8 Å². The van der Waals surface area contributed by atoms with Crippen molar-refractivity contribution in [3.05, 3.63) is 28.5 Å². The number of amides is 2. The predicted molar refractivity (Wildman–Crippen MR) is 74.2 cm³/mol. The van der Waals surface area contributed by atoms with Crippen LogP contribution >= 0.6 is 15.9 Å². The highest BCUT2D eigenvalue weighted by atomic mass is 79.9. The first kappa shape index (κ1) is 16.4. The Bertz CT molecular complexity index is 498. The molecule has 0 heterocycles. The fourth-order valence-corrected chi connectivity index (χ4v) is 1.77. The zero-order valence-electron chi connectivity index (χ0n) is 10.7. The average Bonchev–Trinajstić information content (AvgIpc) is 2.38. The number of methoxy groups -OCH3 is 1. The monoisotopic (exact) mass is 348 g/mol. The van der Waals surface area contributed by atoms with Gasteiger partial charge in [0, 0.05) is 25.8 Å². The van der Waals surface area contributed by atoms with Crippen LogP contribution in [-0.2, 0) is 9.53 Å². The molecular weight excluding hydrogens is 335 g/mol. The molecule has 1 aromatic rings. The predicted octanol–water partition coefficient (Wildman–Crippen LogP) is 2.20. The number of benzene rings is 1. The minimum Gasteiger partial charge on any atom is -0.480 e. The number of halogens is 2. The van der Waals surface area contributed by atoms with Crippen LogP contribution in [0.3, 0.4) is 0 Å². The number of ether oxygens (including phenoxy) is 1. The molecule has 6 nitrogen and oxygen atoms in total.